The lowest BCUT2D eigenvalue weighted by Gasteiger charge is -2.32. The third-order valence-electron chi connectivity index (χ3n) is 4.58. The van der Waals surface area contributed by atoms with Crippen LogP contribution in [-0.2, 0) is 6.18 Å². The molecule has 2 aromatic rings. The summed E-state index contributed by atoms with van der Waals surface area (Å²) in [5, 5.41) is 8.80. The molecule has 1 saturated heterocycles. The molecule has 0 unspecified atom stereocenters. The zero-order valence-corrected chi connectivity index (χ0v) is 14.1. The molecule has 1 N–H and O–H groups in total. The summed E-state index contributed by atoms with van der Waals surface area (Å²) in [6.45, 7) is 0.875. The average molecular weight is 379 g/mol. The Balaban J connectivity index is 1.61. The van der Waals surface area contributed by atoms with E-state index in [1.165, 1.54) is 12.1 Å². The van der Waals surface area contributed by atoms with Crippen LogP contribution < -0.4 is 0 Å². The lowest BCUT2D eigenvalue weighted by molar-refractivity contribution is -0.137. The minimum Gasteiger partial charge on any atom is -0.476 e. The van der Waals surface area contributed by atoms with E-state index >= 15 is 0 Å². The van der Waals surface area contributed by atoms with Crippen molar-refractivity contribution in [2.75, 3.05) is 13.1 Å². The lowest BCUT2D eigenvalue weighted by Crippen LogP contribution is -2.38. The summed E-state index contributed by atoms with van der Waals surface area (Å²) >= 11 is 0. The number of carboxylic acid groups (broad SMARTS) is 1. The van der Waals surface area contributed by atoms with E-state index in [9.17, 15) is 22.8 Å². The summed E-state index contributed by atoms with van der Waals surface area (Å²) < 4.78 is 37.9. The number of likely N-dealkylation sites (tertiary alicyclic amines) is 1. The average Bonchev–Trinajstić information content (AvgIpc) is 2.67. The van der Waals surface area contributed by atoms with Gasteiger partial charge >= 0.3 is 12.1 Å². The number of piperidine rings is 1. The number of benzene rings is 1. The maximum Gasteiger partial charge on any atom is 0.416 e. The van der Waals surface area contributed by atoms with Crippen LogP contribution in [0.25, 0.3) is 0 Å². The largest absolute Gasteiger partial charge is 0.476 e. The van der Waals surface area contributed by atoms with Crippen molar-refractivity contribution in [3.8, 4) is 0 Å². The number of aromatic nitrogens is 2. The molecule has 0 atom stereocenters. The topological polar surface area (TPSA) is 83.4 Å². The van der Waals surface area contributed by atoms with Gasteiger partial charge in [0.25, 0.3) is 5.91 Å². The summed E-state index contributed by atoms with van der Waals surface area (Å²) in [6, 6.07) is 5.13. The second-order valence-electron chi connectivity index (χ2n) is 6.28. The van der Waals surface area contributed by atoms with E-state index in [0.29, 0.717) is 25.9 Å². The molecule has 1 fully saturated rings. The first-order chi connectivity index (χ1) is 12.8. The molecule has 2 heterocycles. The molecule has 1 amide bonds. The Morgan fingerprint density at radius 1 is 1.00 bits per heavy atom. The monoisotopic (exact) mass is 379 g/mol. The van der Waals surface area contributed by atoms with Crippen LogP contribution in [0.15, 0.2) is 36.7 Å². The molecular formula is C18H16F3N3O3. The molecule has 6 nitrogen and oxygen atoms in total. The number of hydrogen-bond donors (Lipinski definition) is 1. The molecule has 0 saturated carbocycles. The summed E-state index contributed by atoms with van der Waals surface area (Å²) in [5.41, 5.74) is -0.0384. The molecule has 0 aliphatic carbocycles. The molecule has 0 bridgehead atoms. The lowest BCUT2D eigenvalue weighted by atomic mass is 9.89. The van der Waals surface area contributed by atoms with Gasteiger partial charge in [0.1, 0.15) is 5.69 Å². The second-order valence-corrected chi connectivity index (χ2v) is 6.28. The first-order valence-corrected chi connectivity index (χ1v) is 8.27. The highest BCUT2D eigenvalue weighted by atomic mass is 19.4. The molecule has 1 aliphatic heterocycles. The standard InChI is InChI=1S/C18H16F3N3O3/c19-18(20,21)13-3-1-11(2-4-13)12-5-7-24(8-6-12)16(25)14-9-23-15(10-22-14)17(26)27/h1-4,9-10,12H,5-8H2,(H,26,27). The van der Waals surface area contributed by atoms with Crippen LogP contribution in [0.1, 0.15) is 50.9 Å². The number of nitrogens with zero attached hydrogens (tertiary/aromatic N) is 3. The van der Waals surface area contributed by atoms with Gasteiger partial charge in [0.05, 0.1) is 18.0 Å². The van der Waals surface area contributed by atoms with Crippen molar-refractivity contribution in [3.63, 3.8) is 0 Å². The molecule has 0 radical (unpaired) electrons. The SMILES string of the molecule is O=C(O)c1cnc(C(=O)N2CCC(c3ccc(C(F)(F)F)cc3)CC2)cn1. The highest BCUT2D eigenvalue weighted by Crippen LogP contribution is 2.33. The van der Waals surface area contributed by atoms with Crippen molar-refractivity contribution in [1.82, 2.24) is 14.9 Å². The van der Waals surface area contributed by atoms with E-state index < -0.39 is 17.7 Å². The van der Waals surface area contributed by atoms with Gasteiger partial charge in [0, 0.05) is 13.1 Å². The van der Waals surface area contributed by atoms with E-state index in [1.54, 1.807) is 4.90 Å². The first kappa shape index (κ1) is 18.8. The summed E-state index contributed by atoms with van der Waals surface area (Å²) in [4.78, 5) is 32.3. The first-order valence-electron chi connectivity index (χ1n) is 8.27. The van der Waals surface area contributed by atoms with Gasteiger partial charge in [-0.15, -0.1) is 0 Å². The molecule has 1 aromatic carbocycles. The fourth-order valence-electron chi connectivity index (χ4n) is 3.07. The van der Waals surface area contributed by atoms with Crippen molar-refractivity contribution in [2.24, 2.45) is 0 Å². The number of aromatic carboxylic acids is 1. The van der Waals surface area contributed by atoms with Crippen molar-refractivity contribution in [3.05, 3.63) is 59.2 Å². The fourth-order valence-corrected chi connectivity index (χ4v) is 3.07. The van der Waals surface area contributed by atoms with E-state index in [1.807, 2.05) is 0 Å². The van der Waals surface area contributed by atoms with Crippen molar-refractivity contribution in [1.29, 1.82) is 0 Å². The summed E-state index contributed by atoms with van der Waals surface area (Å²) in [7, 11) is 0. The van der Waals surface area contributed by atoms with Crippen LogP contribution in [0.2, 0.25) is 0 Å². The minimum atomic E-state index is -4.36. The van der Waals surface area contributed by atoms with Crippen LogP contribution in [0.4, 0.5) is 13.2 Å². The van der Waals surface area contributed by atoms with Gasteiger partial charge in [-0.25, -0.2) is 14.8 Å². The number of carbonyl (C=O) groups is 2. The van der Waals surface area contributed by atoms with Gasteiger partial charge in [0.2, 0.25) is 0 Å². The zero-order chi connectivity index (χ0) is 19.6. The molecule has 1 aromatic heterocycles. The third kappa shape index (κ3) is 4.24. The highest BCUT2D eigenvalue weighted by molar-refractivity contribution is 5.92. The Labute approximate surface area is 152 Å². The van der Waals surface area contributed by atoms with Crippen LogP contribution in [0, 0.1) is 0 Å². The Kier molecular flexibility index (Phi) is 5.11. The number of hydrogen-bond acceptors (Lipinski definition) is 4. The van der Waals surface area contributed by atoms with E-state index in [2.05, 4.69) is 9.97 Å². The Bertz CT molecular complexity index is 828. The van der Waals surface area contributed by atoms with Gasteiger partial charge in [0.15, 0.2) is 5.69 Å². The number of halogens is 3. The third-order valence-corrected chi connectivity index (χ3v) is 4.58. The number of amides is 1. The summed E-state index contributed by atoms with van der Waals surface area (Å²) in [6.07, 6.45) is -0.945. The molecule has 9 heteroatoms. The van der Waals surface area contributed by atoms with E-state index in [4.69, 9.17) is 5.11 Å². The predicted octanol–water partition coefficient (Wildman–Crippen LogP) is 3.21. The minimum absolute atomic E-state index is 0.0629. The zero-order valence-electron chi connectivity index (χ0n) is 14.1. The van der Waals surface area contributed by atoms with Crippen molar-refractivity contribution in [2.45, 2.75) is 24.9 Å². The number of carboxylic acids is 1. The van der Waals surface area contributed by atoms with Gasteiger partial charge in [-0.1, -0.05) is 12.1 Å². The second kappa shape index (κ2) is 7.34. The van der Waals surface area contributed by atoms with E-state index in [-0.39, 0.29) is 23.2 Å². The van der Waals surface area contributed by atoms with Crippen LogP contribution in [0.3, 0.4) is 0 Å². The predicted molar refractivity (Wildman–Crippen MR) is 88.3 cm³/mol. The Morgan fingerprint density at radius 2 is 1.56 bits per heavy atom. The van der Waals surface area contributed by atoms with Gasteiger partial charge < -0.3 is 10.0 Å². The van der Waals surface area contributed by atoms with Crippen LogP contribution >= 0.6 is 0 Å². The molecule has 1 aliphatic rings. The van der Waals surface area contributed by atoms with Gasteiger partial charge in [-0.2, -0.15) is 13.2 Å². The molecule has 142 valence electrons. The maximum absolute atomic E-state index is 12.6. The molecule has 3 rings (SSSR count). The van der Waals surface area contributed by atoms with E-state index in [0.717, 1.165) is 30.1 Å². The maximum atomic E-state index is 12.6. The quantitative estimate of drug-likeness (QED) is 0.885. The molecule has 27 heavy (non-hydrogen) atoms. The molecule has 0 spiro atoms. The fraction of sp³-hybridized carbons (Fsp3) is 0.333. The Hall–Kier alpha value is -2.97. The van der Waals surface area contributed by atoms with Crippen molar-refractivity contribution < 1.29 is 27.9 Å². The number of carbonyl (C=O) groups excluding carboxylic acids is 1. The van der Waals surface area contributed by atoms with Crippen LogP contribution in [-0.4, -0.2) is 44.9 Å². The Morgan fingerprint density at radius 3 is 2.04 bits per heavy atom. The van der Waals surface area contributed by atoms with Gasteiger partial charge in [-0.05, 0) is 36.5 Å². The van der Waals surface area contributed by atoms with Crippen molar-refractivity contribution >= 4 is 11.9 Å². The summed E-state index contributed by atoms with van der Waals surface area (Å²) in [5.74, 6) is -1.49. The van der Waals surface area contributed by atoms with Crippen LogP contribution in [0.5, 0.6) is 0 Å². The molecular weight excluding hydrogens is 363 g/mol. The number of rotatable bonds is 3. The number of alkyl halides is 3. The highest BCUT2D eigenvalue weighted by Gasteiger charge is 2.31. The normalized spacial score (nSPS) is 15.6. The smallest absolute Gasteiger partial charge is 0.416 e. The van der Waals surface area contributed by atoms with Gasteiger partial charge in [-0.3, -0.25) is 4.79 Å².